The molecule has 1 amide bonds. The Morgan fingerprint density at radius 3 is 2.58 bits per heavy atom. The fourth-order valence-electron chi connectivity index (χ4n) is 4.32. The first-order chi connectivity index (χ1) is 17.1. The molecule has 2 aromatic carbocycles. The zero-order valence-electron chi connectivity index (χ0n) is 20.1. The number of halogens is 1. The maximum Gasteiger partial charge on any atom is 0.420 e. The Bertz CT molecular complexity index is 1360. The molecule has 0 aliphatic carbocycles. The Hall–Kier alpha value is -3.62. The van der Waals surface area contributed by atoms with Crippen molar-refractivity contribution in [3.05, 3.63) is 77.4 Å². The van der Waals surface area contributed by atoms with E-state index in [4.69, 9.17) is 9.15 Å². The van der Waals surface area contributed by atoms with Crippen molar-refractivity contribution in [2.24, 2.45) is 5.92 Å². The molecule has 0 atom stereocenters. The monoisotopic (exact) mass is 508 g/mol. The number of benzene rings is 2. The van der Waals surface area contributed by atoms with Gasteiger partial charge < -0.3 is 19.4 Å². The van der Waals surface area contributed by atoms with Crippen LogP contribution < -0.4 is 20.7 Å². The summed E-state index contributed by atoms with van der Waals surface area (Å²) >= 11 is 0. The summed E-state index contributed by atoms with van der Waals surface area (Å²) in [5, 5.41) is 3.36. The van der Waals surface area contributed by atoms with Crippen molar-refractivity contribution in [3.63, 3.8) is 0 Å². The lowest BCUT2D eigenvalue weighted by atomic mass is 9.99. The Labute approximate surface area is 215 Å². The normalized spacial score (nSPS) is 13.8. The van der Waals surface area contributed by atoms with Crippen molar-refractivity contribution in [1.29, 1.82) is 0 Å². The zero-order chi connectivity index (χ0) is 24.2. The van der Waals surface area contributed by atoms with Crippen molar-refractivity contribution in [3.8, 4) is 17.0 Å². The van der Waals surface area contributed by atoms with Gasteiger partial charge in [0.1, 0.15) is 6.54 Å². The molecule has 0 radical (unpaired) electrons. The lowest BCUT2D eigenvalue weighted by molar-refractivity contribution is -0.118. The number of aromatic nitrogens is 2. The van der Waals surface area contributed by atoms with Gasteiger partial charge in [0, 0.05) is 30.6 Å². The summed E-state index contributed by atoms with van der Waals surface area (Å²) in [4.78, 5) is 31.4. The van der Waals surface area contributed by atoms with Crippen LogP contribution in [0.15, 0.2) is 76.1 Å². The van der Waals surface area contributed by atoms with Crippen LogP contribution in [0.4, 0.5) is 5.69 Å². The van der Waals surface area contributed by atoms with Crippen LogP contribution in [0, 0.1) is 5.92 Å². The molecule has 9 heteroatoms. The molecule has 1 saturated heterocycles. The Morgan fingerprint density at radius 2 is 1.86 bits per heavy atom. The summed E-state index contributed by atoms with van der Waals surface area (Å²) in [7, 11) is 1.69. The Kier molecular flexibility index (Phi) is 8.07. The first-order valence-electron chi connectivity index (χ1n) is 11.8. The van der Waals surface area contributed by atoms with Gasteiger partial charge >= 0.3 is 5.76 Å². The number of hydrogen-bond donors (Lipinski definition) is 1. The van der Waals surface area contributed by atoms with Crippen molar-refractivity contribution in [2.75, 3.05) is 31.6 Å². The zero-order valence-corrected chi connectivity index (χ0v) is 20.9. The molecule has 8 nitrogen and oxygen atoms in total. The molecule has 1 aliphatic heterocycles. The van der Waals surface area contributed by atoms with E-state index in [0.29, 0.717) is 29.5 Å². The molecule has 1 N–H and O–H groups in total. The number of carbonyl (C=O) groups is 1. The largest absolute Gasteiger partial charge is 0.477 e. The highest BCUT2D eigenvalue weighted by molar-refractivity contribution is 5.93. The topological polar surface area (TPSA) is 89.6 Å². The number of likely N-dealkylation sites (N-methyl/N-ethyl adjacent to an activating group) is 1. The number of hydrogen-bond acceptors (Lipinski definition) is 6. The molecule has 1 aliphatic rings. The number of pyridine rings is 1. The molecule has 0 unspecified atom stereocenters. The summed E-state index contributed by atoms with van der Waals surface area (Å²) in [5.41, 5.74) is 3.51. The van der Waals surface area contributed by atoms with E-state index < -0.39 is 5.76 Å². The Morgan fingerprint density at radius 1 is 1.11 bits per heavy atom. The van der Waals surface area contributed by atoms with Gasteiger partial charge in [-0.2, -0.15) is 0 Å². The summed E-state index contributed by atoms with van der Waals surface area (Å²) < 4.78 is 12.6. The second-order valence-corrected chi connectivity index (χ2v) is 8.81. The second-order valence-electron chi connectivity index (χ2n) is 8.81. The van der Waals surface area contributed by atoms with Crippen LogP contribution in [0.1, 0.15) is 12.8 Å². The lowest BCUT2D eigenvalue weighted by Gasteiger charge is -2.22. The summed E-state index contributed by atoms with van der Waals surface area (Å²) in [6.07, 6.45) is 4.00. The smallest absolute Gasteiger partial charge is 0.420 e. The molecule has 0 spiro atoms. The molecule has 1 fully saturated rings. The van der Waals surface area contributed by atoms with Gasteiger partial charge in [-0.1, -0.05) is 24.3 Å². The molecule has 4 aromatic rings. The number of ether oxygens (including phenoxy) is 1. The molecular weight excluding hydrogens is 480 g/mol. The maximum atomic E-state index is 12.9. The van der Waals surface area contributed by atoms with Crippen LogP contribution >= 0.6 is 12.4 Å². The minimum absolute atomic E-state index is 0. The molecule has 188 valence electrons. The van der Waals surface area contributed by atoms with E-state index in [1.807, 2.05) is 54.6 Å². The highest BCUT2D eigenvalue weighted by Crippen LogP contribution is 2.25. The summed E-state index contributed by atoms with van der Waals surface area (Å²) in [5.74, 6) is 0.375. The summed E-state index contributed by atoms with van der Waals surface area (Å²) in [6.45, 7) is 2.63. The van der Waals surface area contributed by atoms with Gasteiger partial charge in [-0.15, -0.1) is 12.4 Å². The van der Waals surface area contributed by atoms with Crippen LogP contribution in [-0.2, 0) is 11.3 Å². The van der Waals surface area contributed by atoms with Crippen molar-refractivity contribution >= 4 is 35.1 Å². The molecule has 36 heavy (non-hydrogen) atoms. The van der Waals surface area contributed by atoms with E-state index in [1.54, 1.807) is 19.3 Å². The second kappa shape index (κ2) is 11.4. The SMILES string of the molecule is CN(C(=O)Cn1c(=O)oc2ccc(-c3ccc(OCC4CCNCC4)nc3)cc21)c1ccccc1.Cl. The van der Waals surface area contributed by atoms with Crippen LogP contribution in [0.25, 0.3) is 22.2 Å². The average Bonchev–Trinajstić information content (AvgIpc) is 3.22. The van der Waals surface area contributed by atoms with Gasteiger partial charge in [0.25, 0.3) is 0 Å². The number of nitrogens with one attached hydrogen (secondary N) is 1. The minimum atomic E-state index is -0.563. The van der Waals surface area contributed by atoms with E-state index in [9.17, 15) is 9.59 Å². The van der Waals surface area contributed by atoms with E-state index in [1.165, 1.54) is 9.47 Å². The van der Waals surface area contributed by atoms with Gasteiger partial charge in [-0.3, -0.25) is 9.36 Å². The van der Waals surface area contributed by atoms with Crippen molar-refractivity contribution < 1.29 is 13.9 Å². The predicted octanol–water partition coefficient (Wildman–Crippen LogP) is 4.12. The number of fused-ring (bicyclic) bond motifs is 1. The number of oxazole rings is 1. The van der Waals surface area contributed by atoms with Gasteiger partial charge in [0.15, 0.2) is 5.58 Å². The molecule has 0 bridgehead atoms. The lowest BCUT2D eigenvalue weighted by Crippen LogP contribution is -2.32. The van der Waals surface area contributed by atoms with Gasteiger partial charge in [0.2, 0.25) is 11.8 Å². The third-order valence-electron chi connectivity index (χ3n) is 6.47. The molecule has 5 rings (SSSR count). The third-order valence-corrected chi connectivity index (χ3v) is 6.47. The van der Waals surface area contributed by atoms with E-state index >= 15 is 0 Å². The maximum absolute atomic E-state index is 12.9. The van der Waals surface area contributed by atoms with Crippen LogP contribution in [0.5, 0.6) is 5.88 Å². The minimum Gasteiger partial charge on any atom is -0.477 e. The number of anilines is 1. The van der Waals surface area contributed by atoms with Crippen molar-refractivity contribution in [1.82, 2.24) is 14.9 Å². The van der Waals surface area contributed by atoms with E-state index in [0.717, 1.165) is 42.7 Å². The summed E-state index contributed by atoms with van der Waals surface area (Å²) in [6, 6.07) is 18.6. The Balaban J connectivity index is 0.00000304. The van der Waals surface area contributed by atoms with Crippen molar-refractivity contribution in [2.45, 2.75) is 19.4 Å². The molecule has 2 aromatic heterocycles. The highest BCUT2D eigenvalue weighted by Gasteiger charge is 2.18. The highest BCUT2D eigenvalue weighted by atomic mass is 35.5. The molecular formula is C27H29ClN4O4. The van der Waals surface area contributed by atoms with Gasteiger partial charge in [-0.05, 0) is 67.7 Å². The fourth-order valence-corrected chi connectivity index (χ4v) is 4.32. The average molecular weight is 509 g/mol. The number of amides is 1. The van der Waals surface area contributed by atoms with Crippen LogP contribution in [0.3, 0.4) is 0 Å². The quantitative estimate of drug-likeness (QED) is 0.404. The number of para-hydroxylation sites is 1. The number of carbonyl (C=O) groups excluding carboxylic acids is 1. The number of piperidine rings is 1. The van der Waals surface area contributed by atoms with Crippen LogP contribution in [0.2, 0.25) is 0 Å². The van der Waals surface area contributed by atoms with Gasteiger partial charge in [0.05, 0.1) is 12.1 Å². The fraction of sp³-hybridized carbons (Fsp3) is 0.296. The molecule has 0 saturated carbocycles. The van der Waals surface area contributed by atoms with E-state index in [2.05, 4.69) is 10.3 Å². The standard InChI is InChI=1S/C27H28N4O4.ClH/c1-30(22-5-3-2-4-6-22)26(32)17-31-23-15-20(7-9-24(23)35-27(31)33)21-8-10-25(29-16-21)34-18-19-11-13-28-14-12-19;/h2-10,15-16,19,28H,11-14,17-18H2,1H3;1H. The third kappa shape index (κ3) is 5.61. The number of rotatable bonds is 7. The first-order valence-corrected chi connectivity index (χ1v) is 11.8. The number of nitrogens with zero attached hydrogens (tertiary/aromatic N) is 3. The predicted molar refractivity (Wildman–Crippen MR) is 142 cm³/mol. The van der Waals surface area contributed by atoms with E-state index in [-0.39, 0.29) is 24.9 Å². The first kappa shape index (κ1) is 25.5. The molecule has 3 heterocycles. The van der Waals surface area contributed by atoms with Crippen LogP contribution in [-0.4, -0.2) is 42.2 Å². The van der Waals surface area contributed by atoms with Gasteiger partial charge in [-0.25, -0.2) is 9.78 Å².